The van der Waals surface area contributed by atoms with Crippen molar-refractivity contribution in [2.24, 2.45) is 0 Å². The van der Waals surface area contributed by atoms with Crippen LogP contribution in [0.1, 0.15) is 33.8 Å². The van der Waals surface area contributed by atoms with Gasteiger partial charge in [0.25, 0.3) is 0 Å². The summed E-state index contributed by atoms with van der Waals surface area (Å²) in [6.45, 7) is 0. The summed E-state index contributed by atoms with van der Waals surface area (Å²) in [6.07, 6.45) is 0. The van der Waals surface area contributed by atoms with Gasteiger partial charge in [0, 0.05) is 32.8 Å². The summed E-state index contributed by atoms with van der Waals surface area (Å²) in [4.78, 5) is 14.1. The fourth-order valence-corrected chi connectivity index (χ4v) is 4.66. The van der Waals surface area contributed by atoms with E-state index >= 15 is 0 Å². The van der Waals surface area contributed by atoms with Crippen LogP contribution in [0, 0.1) is 35.5 Å². The van der Waals surface area contributed by atoms with Gasteiger partial charge in [-0.2, -0.15) is 0 Å². The van der Waals surface area contributed by atoms with E-state index in [0.717, 1.165) is 49.4 Å². The first kappa shape index (κ1) is 24.8. The van der Waals surface area contributed by atoms with Gasteiger partial charge in [-0.1, -0.05) is 90.6 Å². The molecule has 0 spiro atoms. The smallest absolute Gasteiger partial charge is 0.114 e. The van der Waals surface area contributed by atoms with Crippen LogP contribution in [-0.2, 0) is 0 Å². The van der Waals surface area contributed by atoms with Crippen molar-refractivity contribution in [2.75, 3.05) is 0 Å². The Kier molecular flexibility index (Phi) is 6.56. The highest BCUT2D eigenvalue weighted by Gasteiger charge is 2.00. The van der Waals surface area contributed by atoms with E-state index in [2.05, 4.69) is 35.5 Å². The summed E-state index contributed by atoms with van der Waals surface area (Å²) in [5, 5.41) is 3.26. The molecule has 0 aliphatic rings. The summed E-state index contributed by atoms with van der Waals surface area (Å²) in [7, 11) is 0. The van der Waals surface area contributed by atoms with Gasteiger partial charge in [0.15, 0.2) is 0 Å². The number of hydrogen-bond acceptors (Lipinski definition) is 3. The van der Waals surface area contributed by atoms with Crippen LogP contribution in [0.25, 0.3) is 32.7 Å². The molecule has 0 aliphatic heterocycles. The van der Waals surface area contributed by atoms with E-state index < -0.39 is 0 Å². The van der Waals surface area contributed by atoms with E-state index in [1.165, 1.54) is 0 Å². The molecular formula is C39H21N3. The zero-order valence-electron chi connectivity index (χ0n) is 22.5. The van der Waals surface area contributed by atoms with Gasteiger partial charge in [-0.3, -0.25) is 0 Å². The number of aromatic nitrogens is 3. The lowest BCUT2D eigenvalue weighted by Crippen LogP contribution is -1.88. The highest BCUT2D eigenvalue weighted by molar-refractivity contribution is 5.80. The maximum Gasteiger partial charge on any atom is 0.114 e. The van der Waals surface area contributed by atoms with E-state index in [1.54, 1.807) is 0 Å². The molecule has 0 radical (unpaired) electrons. The minimum atomic E-state index is 0.707. The molecule has 0 fully saturated rings. The predicted octanol–water partition coefficient (Wildman–Crippen LogP) is 7.53. The lowest BCUT2D eigenvalue weighted by molar-refractivity contribution is 1.36. The van der Waals surface area contributed by atoms with E-state index in [0.29, 0.717) is 17.1 Å². The van der Waals surface area contributed by atoms with Gasteiger partial charge in [-0.25, -0.2) is 15.0 Å². The molecule has 3 heteroatoms. The average Bonchev–Trinajstić information content (AvgIpc) is 3.05. The SMILES string of the molecule is C(#Cc1ccc2ccccc2n1)c1cc(C#Cc2ccc3ccccc3n2)cc(C#Cc2ccc3ccccc3n2)c1. The molecule has 7 aromatic rings. The highest BCUT2D eigenvalue weighted by atomic mass is 14.7. The molecule has 3 aromatic heterocycles. The normalized spacial score (nSPS) is 10.3. The van der Waals surface area contributed by atoms with Crippen molar-refractivity contribution < 1.29 is 0 Å². The first-order chi connectivity index (χ1) is 20.7. The lowest BCUT2D eigenvalue weighted by atomic mass is 10.1. The largest absolute Gasteiger partial charge is 0.239 e. The Hall–Kier alpha value is -6.21. The van der Waals surface area contributed by atoms with Crippen molar-refractivity contribution in [3.05, 3.63) is 161 Å². The maximum atomic E-state index is 4.69. The minimum Gasteiger partial charge on any atom is -0.239 e. The van der Waals surface area contributed by atoms with Gasteiger partial charge in [-0.05, 0) is 72.4 Å². The monoisotopic (exact) mass is 531 g/mol. The number of fused-ring (bicyclic) bond motifs is 3. The van der Waals surface area contributed by atoms with E-state index in [9.17, 15) is 0 Å². The minimum absolute atomic E-state index is 0.707. The number of para-hydroxylation sites is 3. The van der Waals surface area contributed by atoms with Crippen molar-refractivity contribution in [1.82, 2.24) is 15.0 Å². The van der Waals surface area contributed by atoms with Crippen LogP contribution >= 0.6 is 0 Å². The van der Waals surface area contributed by atoms with E-state index in [-0.39, 0.29) is 0 Å². The highest BCUT2D eigenvalue weighted by Crippen LogP contribution is 2.15. The number of benzene rings is 4. The Balaban J connectivity index is 1.27. The van der Waals surface area contributed by atoms with Crippen LogP contribution < -0.4 is 0 Å². The first-order valence-corrected chi connectivity index (χ1v) is 13.5. The second kappa shape index (κ2) is 11.1. The Bertz CT molecular complexity index is 2060. The number of pyridine rings is 3. The molecule has 0 bridgehead atoms. The molecule has 42 heavy (non-hydrogen) atoms. The van der Waals surface area contributed by atoms with E-state index in [4.69, 9.17) is 15.0 Å². The van der Waals surface area contributed by atoms with Crippen LogP contribution in [0.15, 0.2) is 127 Å². The molecule has 0 unspecified atom stereocenters. The van der Waals surface area contributed by atoms with Gasteiger partial charge in [0.05, 0.1) is 16.6 Å². The van der Waals surface area contributed by atoms with Crippen LogP contribution in [0.2, 0.25) is 0 Å². The third kappa shape index (κ3) is 5.57. The van der Waals surface area contributed by atoms with Crippen molar-refractivity contribution in [3.8, 4) is 35.5 Å². The van der Waals surface area contributed by atoms with Crippen molar-refractivity contribution in [3.63, 3.8) is 0 Å². The lowest BCUT2D eigenvalue weighted by Gasteiger charge is -1.99. The maximum absolute atomic E-state index is 4.69. The molecule has 0 saturated carbocycles. The summed E-state index contributed by atoms with van der Waals surface area (Å²) in [6, 6.07) is 41.9. The molecule has 0 N–H and O–H groups in total. The van der Waals surface area contributed by atoms with Gasteiger partial charge in [0.2, 0.25) is 0 Å². The van der Waals surface area contributed by atoms with Gasteiger partial charge in [-0.15, -0.1) is 0 Å². The molecular weight excluding hydrogens is 510 g/mol. The fourth-order valence-electron chi connectivity index (χ4n) is 4.66. The molecule has 0 saturated heterocycles. The molecule has 4 aromatic carbocycles. The Labute approximate surface area is 243 Å². The molecule has 0 atom stereocenters. The Morgan fingerprint density at radius 1 is 0.310 bits per heavy atom. The fraction of sp³-hybridized carbons (Fsp3) is 0. The summed E-state index contributed by atoms with van der Waals surface area (Å²) in [5.41, 5.74) is 7.29. The molecule has 192 valence electrons. The summed E-state index contributed by atoms with van der Waals surface area (Å²) in [5.74, 6) is 19.5. The number of hydrogen-bond donors (Lipinski definition) is 0. The standard InChI is InChI=1S/C39H21N3/c1-4-10-37-31(7-1)16-22-34(40-37)19-13-28-25-29(14-20-35-23-17-32-8-2-5-11-38(32)41-35)27-30(26-28)15-21-36-24-18-33-9-3-6-12-39(33)42-36/h1-12,16-18,22-27H. The third-order valence-corrected chi connectivity index (χ3v) is 6.73. The van der Waals surface area contributed by atoms with Gasteiger partial charge >= 0.3 is 0 Å². The molecule has 3 nitrogen and oxygen atoms in total. The van der Waals surface area contributed by atoms with Crippen molar-refractivity contribution >= 4 is 32.7 Å². The molecule has 0 amide bonds. The Morgan fingerprint density at radius 2 is 0.619 bits per heavy atom. The van der Waals surface area contributed by atoms with Gasteiger partial charge in [0.1, 0.15) is 17.1 Å². The van der Waals surface area contributed by atoms with Crippen LogP contribution in [0.3, 0.4) is 0 Å². The van der Waals surface area contributed by atoms with Crippen molar-refractivity contribution in [1.29, 1.82) is 0 Å². The molecule has 0 aliphatic carbocycles. The van der Waals surface area contributed by atoms with Gasteiger partial charge < -0.3 is 0 Å². The topological polar surface area (TPSA) is 38.7 Å². The van der Waals surface area contributed by atoms with Crippen LogP contribution in [0.5, 0.6) is 0 Å². The second-order valence-electron chi connectivity index (χ2n) is 9.72. The second-order valence-corrected chi connectivity index (χ2v) is 9.72. The number of rotatable bonds is 0. The third-order valence-electron chi connectivity index (χ3n) is 6.73. The zero-order valence-corrected chi connectivity index (χ0v) is 22.5. The van der Waals surface area contributed by atoms with Crippen molar-refractivity contribution in [2.45, 2.75) is 0 Å². The summed E-state index contributed by atoms with van der Waals surface area (Å²) < 4.78 is 0. The van der Waals surface area contributed by atoms with Crippen LogP contribution in [-0.4, -0.2) is 15.0 Å². The quantitative estimate of drug-likeness (QED) is 0.190. The number of nitrogens with zero attached hydrogens (tertiary/aromatic N) is 3. The van der Waals surface area contributed by atoms with E-state index in [1.807, 2.05) is 127 Å². The zero-order chi connectivity index (χ0) is 28.1. The summed E-state index contributed by atoms with van der Waals surface area (Å²) >= 11 is 0. The molecule has 3 heterocycles. The molecule has 7 rings (SSSR count). The predicted molar refractivity (Wildman–Crippen MR) is 170 cm³/mol. The average molecular weight is 532 g/mol. The first-order valence-electron chi connectivity index (χ1n) is 13.5. The van der Waals surface area contributed by atoms with Crippen LogP contribution in [0.4, 0.5) is 0 Å². The Morgan fingerprint density at radius 3 is 0.952 bits per heavy atom.